The largest absolute Gasteiger partial charge is 0.244 e. The third-order valence-electron chi connectivity index (χ3n) is 1.82. The van der Waals surface area contributed by atoms with Gasteiger partial charge >= 0.3 is 0 Å². The topological polar surface area (TPSA) is 34.6 Å². The normalized spacial score (nSPS) is 10.7. The van der Waals surface area contributed by atoms with Crippen LogP contribution >= 0.6 is 0 Å². The SMILES string of the molecule is Cn1c2ncncc2c[n+]1C. The van der Waals surface area contributed by atoms with Gasteiger partial charge in [-0.15, -0.1) is 9.36 Å². The summed E-state index contributed by atoms with van der Waals surface area (Å²) >= 11 is 0. The van der Waals surface area contributed by atoms with Crippen LogP contribution < -0.4 is 4.68 Å². The molecule has 2 aromatic heterocycles. The number of fused-ring (bicyclic) bond motifs is 1. The molecule has 2 heterocycles. The third-order valence-corrected chi connectivity index (χ3v) is 1.82. The van der Waals surface area contributed by atoms with Crippen molar-refractivity contribution in [1.82, 2.24) is 14.6 Å². The maximum atomic E-state index is 4.13. The number of hydrogen-bond acceptors (Lipinski definition) is 2. The third kappa shape index (κ3) is 0.790. The van der Waals surface area contributed by atoms with E-state index in [-0.39, 0.29) is 0 Å². The van der Waals surface area contributed by atoms with E-state index in [2.05, 4.69) is 9.97 Å². The van der Waals surface area contributed by atoms with Crippen molar-refractivity contribution in [3.63, 3.8) is 0 Å². The maximum absolute atomic E-state index is 4.13. The number of nitrogens with zero attached hydrogens (tertiary/aromatic N) is 4. The number of rotatable bonds is 0. The zero-order valence-corrected chi connectivity index (χ0v) is 6.52. The molecule has 0 aliphatic heterocycles. The lowest BCUT2D eigenvalue weighted by molar-refractivity contribution is -0.748. The zero-order chi connectivity index (χ0) is 7.84. The molecule has 0 amide bonds. The Labute approximate surface area is 64.1 Å². The average molecular weight is 149 g/mol. The highest BCUT2D eigenvalue weighted by atomic mass is 15.4. The smallest absolute Gasteiger partial charge is 0.206 e. The highest BCUT2D eigenvalue weighted by Crippen LogP contribution is 2.03. The summed E-state index contributed by atoms with van der Waals surface area (Å²) in [6, 6.07) is 0. The van der Waals surface area contributed by atoms with Crippen molar-refractivity contribution in [3.8, 4) is 0 Å². The Bertz CT molecular complexity index is 390. The predicted octanol–water partition coefficient (Wildman–Crippen LogP) is -0.207. The van der Waals surface area contributed by atoms with Crippen molar-refractivity contribution < 1.29 is 4.68 Å². The summed E-state index contributed by atoms with van der Waals surface area (Å²) in [7, 11) is 3.94. The van der Waals surface area contributed by atoms with Gasteiger partial charge in [0.25, 0.3) is 0 Å². The average Bonchev–Trinajstić information content (AvgIpc) is 2.30. The molecule has 0 spiro atoms. The lowest BCUT2D eigenvalue weighted by Gasteiger charge is -1.87. The molecule has 0 atom stereocenters. The van der Waals surface area contributed by atoms with Gasteiger partial charge in [0.05, 0.1) is 7.05 Å². The standard InChI is InChI=1S/C7H9N4/c1-10-4-6-3-8-5-9-7(6)11(10)2/h3-5H,1-2H3/q+1. The van der Waals surface area contributed by atoms with Gasteiger partial charge in [-0.25, -0.2) is 9.97 Å². The van der Waals surface area contributed by atoms with Gasteiger partial charge in [-0.1, -0.05) is 0 Å². The molecule has 4 heteroatoms. The van der Waals surface area contributed by atoms with Gasteiger partial charge in [-0.2, -0.15) is 0 Å². The summed E-state index contributed by atoms with van der Waals surface area (Å²) < 4.78 is 3.94. The van der Waals surface area contributed by atoms with Gasteiger partial charge in [0.1, 0.15) is 11.7 Å². The van der Waals surface area contributed by atoms with Gasteiger partial charge in [-0.05, 0) is 0 Å². The van der Waals surface area contributed by atoms with Crippen LogP contribution in [0.15, 0.2) is 18.7 Å². The molecule has 4 nitrogen and oxygen atoms in total. The molecule has 0 aromatic carbocycles. The van der Waals surface area contributed by atoms with Gasteiger partial charge in [0.2, 0.25) is 11.8 Å². The van der Waals surface area contributed by atoms with Crippen LogP contribution in [0.25, 0.3) is 11.0 Å². The van der Waals surface area contributed by atoms with Gasteiger partial charge in [-0.3, -0.25) is 0 Å². The molecule has 0 fully saturated rings. The van der Waals surface area contributed by atoms with Crippen LogP contribution in [0.5, 0.6) is 0 Å². The second-order valence-electron chi connectivity index (χ2n) is 2.53. The summed E-state index contributed by atoms with van der Waals surface area (Å²) in [6.07, 6.45) is 5.36. The Morgan fingerprint density at radius 1 is 1.55 bits per heavy atom. The number of aryl methyl sites for hydroxylation is 2. The Morgan fingerprint density at radius 2 is 2.36 bits per heavy atom. The second kappa shape index (κ2) is 2.02. The van der Waals surface area contributed by atoms with E-state index in [1.54, 1.807) is 6.33 Å². The Kier molecular flexibility index (Phi) is 1.15. The van der Waals surface area contributed by atoms with Crippen molar-refractivity contribution in [2.24, 2.45) is 14.1 Å². The Hall–Kier alpha value is -1.45. The van der Waals surface area contributed by atoms with E-state index in [0.717, 1.165) is 11.0 Å². The van der Waals surface area contributed by atoms with Crippen molar-refractivity contribution in [2.45, 2.75) is 0 Å². The summed E-state index contributed by atoms with van der Waals surface area (Å²) in [5.74, 6) is 0. The minimum Gasteiger partial charge on any atom is -0.244 e. The van der Waals surface area contributed by atoms with Crippen molar-refractivity contribution in [3.05, 3.63) is 18.7 Å². The van der Waals surface area contributed by atoms with Crippen molar-refractivity contribution >= 4 is 11.0 Å². The highest BCUT2D eigenvalue weighted by Gasteiger charge is 2.07. The van der Waals surface area contributed by atoms with E-state index in [4.69, 9.17) is 0 Å². The summed E-state index contributed by atoms with van der Waals surface area (Å²) in [4.78, 5) is 8.06. The predicted molar refractivity (Wildman–Crippen MR) is 39.7 cm³/mol. The number of aromatic nitrogens is 4. The molecular weight excluding hydrogens is 140 g/mol. The molecular formula is C7H9N4+. The molecule has 56 valence electrons. The molecule has 2 aromatic rings. The fourth-order valence-electron chi connectivity index (χ4n) is 1.13. The first-order valence-electron chi connectivity index (χ1n) is 3.40. The first kappa shape index (κ1) is 6.27. The zero-order valence-electron chi connectivity index (χ0n) is 6.52. The van der Waals surface area contributed by atoms with E-state index in [9.17, 15) is 0 Å². The monoisotopic (exact) mass is 149 g/mol. The van der Waals surface area contributed by atoms with E-state index in [1.165, 1.54) is 0 Å². The highest BCUT2D eigenvalue weighted by molar-refractivity contribution is 5.71. The van der Waals surface area contributed by atoms with E-state index < -0.39 is 0 Å². The molecule has 2 rings (SSSR count). The minimum atomic E-state index is 0.961. The molecule has 0 radical (unpaired) electrons. The van der Waals surface area contributed by atoms with Crippen LogP contribution in [0.1, 0.15) is 0 Å². The summed E-state index contributed by atoms with van der Waals surface area (Å²) in [5, 5.41) is 1.07. The molecule has 0 aliphatic rings. The second-order valence-corrected chi connectivity index (χ2v) is 2.53. The van der Waals surface area contributed by atoms with Crippen LogP contribution in [-0.2, 0) is 14.1 Å². The number of hydrogen-bond donors (Lipinski definition) is 0. The lowest BCUT2D eigenvalue weighted by Crippen LogP contribution is -2.36. The van der Waals surface area contributed by atoms with Crippen LogP contribution in [-0.4, -0.2) is 14.6 Å². The Balaban J connectivity index is 2.92. The van der Waals surface area contributed by atoms with Crippen LogP contribution in [0.4, 0.5) is 0 Å². The van der Waals surface area contributed by atoms with Crippen LogP contribution in [0.2, 0.25) is 0 Å². The van der Waals surface area contributed by atoms with Gasteiger partial charge < -0.3 is 0 Å². The van der Waals surface area contributed by atoms with Gasteiger partial charge in [0, 0.05) is 6.20 Å². The quantitative estimate of drug-likeness (QED) is 0.486. The van der Waals surface area contributed by atoms with Crippen LogP contribution in [0.3, 0.4) is 0 Å². The Morgan fingerprint density at radius 3 is 3.09 bits per heavy atom. The maximum Gasteiger partial charge on any atom is 0.206 e. The van der Waals surface area contributed by atoms with Crippen LogP contribution in [0, 0.1) is 0 Å². The van der Waals surface area contributed by atoms with Crippen molar-refractivity contribution in [2.75, 3.05) is 0 Å². The van der Waals surface area contributed by atoms with E-state index in [0.29, 0.717) is 0 Å². The van der Waals surface area contributed by atoms with Crippen molar-refractivity contribution in [1.29, 1.82) is 0 Å². The molecule has 11 heavy (non-hydrogen) atoms. The first-order valence-corrected chi connectivity index (χ1v) is 3.40. The fraction of sp³-hybridized carbons (Fsp3) is 0.286. The molecule has 0 N–H and O–H groups in total. The molecule has 0 aliphatic carbocycles. The first-order chi connectivity index (χ1) is 5.29. The molecule has 0 saturated heterocycles. The lowest BCUT2D eigenvalue weighted by atomic mass is 10.4. The molecule has 0 unspecified atom stereocenters. The summed E-state index contributed by atoms with van der Waals surface area (Å²) in [6.45, 7) is 0. The van der Waals surface area contributed by atoms with Gasteiger partial charge in [0.15, 0.2) is 7.05 Å². The van der Waals surface area contributed by atoms with E-state index in [1.807, 2.05) is 35.9 Å². The van der Waals surface area contributed by atoms with E-state index >= 15 is 0 Å². The summed E-state index contributed by atoms with van der Waals surface area (Å²) in [5.41, 5.74) is 0.961. The molecule has 0 bridgehead atoms. The molecule has 0 saturated carbocycles. The fourth-order valence-corrected chi connectivity index (χ4v) is 1.13. The minimum absolute atomic E-state index is 0.961.